The average Bonchev–Trinajstić information content (AvgIpc) is 3.52. The molecule has 4 aromatic carbocycles. The van der Waals surface area contributed by atoms with Crippen molar-refractivity contribution in [3.05, 3.63) is 155 Å². The van der Waals surface area contributed by atoms with E-state index in [0.717, 1.165) is 33.2 Å². The molecule has 0 saturated heterocycles. The summed E-state index contributed by atoms with van der Waals surface area (Å²) in [6.07, 6.45) is 1.20. The van der Waals surface area contributed by atoms with Crippen molar-refractivity contribution in [2.24, 2.45) is 5.92 Å². The van der Waals surface area contributed by atoms with Crippen LogP contribution in [0.5, 0.6) is 0 Å². The first-order valence-electron chi connectivity index (χ1n) is 19.3. The van der Waals surface area contributed by atoms with Gasteiger partial charge in [-0.05, 0) is 59.4 Å². The van der Waals surface area contributed by atoms with Crippen molar-refractivity contribution < 1.29 is 35.5 Å². The van der Waals surface area contributed by atoms with Crippen LogP contribution in [0, 0.1) is 31.8 Å². The summed E-state index contributed by atoms with van der Waals surface area (Å²) in [7, 11) is 0. The zero-order valence-corrected chi connectivity index (χ0v) is 29.1. The summed E-state index contributed by atoms with van der Waals surface area (Å²) in [6, 6.07) is 38.9. The maximum absolute atomic E-state index is 8.32. The molecule has 0 unspecified atom stereocenters. The van der Waals surface area contributed by atoms with Gasteiger partial charge in [0.25, 0.3) is 0 Å². The van der Waals surface area contributed by atoms with E-state index in [1.165, 1.54) is 41.6 Å². The van der Waals surface area contributed by atoms with E-state index in [0.29, 0.717) is 11.3 Å². The van der Waals surface area contributed by atoms with Gasteiger partial charge < -0.3 is 14.4 Å². The molecule has 1 radical (unpaired) electrons. The van der Waals surface area contributed by atoms with Crippen LogP contribution in [-0.4, -0.2) is 9.97 Å². The Labute approximate surface area is 303 Å². The van der Waals surface area contributed by atoms with Crippen molar-refractivity contribution in [2.75, 3.05) is 0 Å². The van der Waals surface area contributed by atoms with Crippen LogP contribution in [-0.2, 0) is 31.9 Å². The minimum absolute atomic E-state index is 0. The van der Waals surface area contributed by atoms with Gasteiger partial charge in [0.1, 0.15) is 5.58 Å². The minimum Gasteiger partial charge on any atom is -0.500 e. The number of aryl methyl sites for hydroxylation is 2. The Bertz CT molecular complexity index is 2400. The fourth-order valence-electron chi connectivity index (χ4n) is 5.42. The van der Waals surface area contributed by atoms with Crippen LogP contribution in [0.15, 0.2) is 120 Å². The van der Waals surface area contributed by atoms with Gasteiger partial charge in [0.2, 0.25) is 0 Å². The number of para-hydroxylation sites is 1. The number of benzene rings is 4. The standard InChI is InChI=1S/C26H20NO.C17H20N.Ir/c1-26(2,19-8-4-3-5-9-19)20-14-15-27-23(17-20)18-12-13-25-22(16-18)21-10-6-7-11-24(21)28-25;1-12(2)9-16-10-17(18-11-14(16)4)15-7-5-13(3)6-8-15;/h3-11,13-17H,1-2H3;5-7,10-12H,9H2,1-4H3;/q2*-1;/i;3D3,4D3,9D2;. The summed E-state index contributed by atoms with van der Waals surface area (Å²) >= 11 is 0. The van der Waals surface area contributed by atoms with E-state index in [4.69, 9.17) is 15.4 Å². The number of hydrogen-bond acceptors (Lipinski definition) is 3. The molecule has 0 N–H and O–H groups in total. The molecule has 0 aliphatic heterocycles. The molecule has 0 saturated carbocycles. The molecule has 239 valence electrons. The molecule has 0 aliphatic rings. The summed E-state index contributed by atoms with van der Waals surface area (Å²) in [5.41, 5.74) is 6.94. The molecule has 7 aromatic rings. The van der Waals surface area contributed by atoms with Gasteiger partial charge in [-0.15, -0.1) is 59.2 Å². The number of fused-ring (bicyclic) bond motifs is 3. The number of rotatable bonds is 6. The second-order valence-corrected chi connectivity index (χ2v) is 12.0. The first-order valence-corrected chi connectivity index (χ1v) is 15.3. The molecule has 0 aliphatic carbocycles. The largest absolute Gasteiger partial charge is 0.500 e. The molecule has 0 amide bonds. The smallest absolute Gasteiger partial charge is 0.120 e. The number of furan rings is 1. The van der Waals surface area contributed by atoms with E-state index in [1.807, 2.05) is 30.5 Å². The van der Waals surface area contributed by atoms with Gasteiger partial charge in [-0.1, -0.05) is 106 Å². The summed E-state index contributed by atoms with van der Waals surface area (Å²) in [5, 5.41) is 2.22. The van der Waals surface area contributed by atoms with Gasteiger partial charge in [-0.25, -0.2) is 0 Å². The third kappa shape index (κ3) is 7.62. The molecule has 0 atom stereocenters. The SMILES string of the molecule is CC(C)(c1ccccc1)c1ccnc(-c2[c-]cc3oc4ccccc4c3c2)c1.[2H]C([2H])([2H])c1c[c-]c(-c2cc(C([2H])([2H])C(C)C)c(C([2H])([2H])[2H])cn2)cc1.[Ir]. The Morgan fingerprint density at radius 1 is 0.766 bits per heavy atom. The van der Waals surface area contributed by atoms with Crippen molar-refractivity contribution in [2.45, 2.75) is 53.2 Å². The number of aromatic nitrogens is 2. The van der Waals surface area contributed by atoms with E-state index < -0.39 is 26.0 Å². The first-order chi connectivity index (χ1) is 25.4. The number of hydrogen-bond donors (Lipinski definition) is 0. The van der Waals surface area contributed by atoms with Gasteiger partial charge in [-0.3, -0.25) is 0 Å². The minimum atomic E-state index is -2.49. The summed E-state index contributed by atoms with van der Waals surface area (Å²) in [6.45, 7) is 3.13. The van der Waals surface area contributed by atoms with Crippen molar-refractivity contribution in [3.63, 3.8) is 0 Å². The maximum Gasteiger partial charge on any atom is 0.120 e. The number of pyridine rings is 2. The van der Waals surface area contributed by atoms with Crippen molar-refractivity contribution >= 4 is 21.9 Å². The normalized spacial score (nSPS) is 14.7. The van der Waals surface area contributed by atoms with Crippen LogP contribution in [0.2, 0.25) is 0 Å². The van der Waals surface area contributed by atoms with E-state index >= 15 is 0 Å². The zero-order chi connectivity index (χ0) is 39.1. The van der Waals surface area contributed by atoms with Crippen LogP contribution in [0.4, 0.5) is 0 Å². The fourth-order valence-corrected chi connectivity index (χ4v) is 5.42. The van der Waals surface area contributed by atoms with Gasteiger partial charge in [0, 0.05) is 54.3 Å². The molecule has 7 rings (SSSR count). The molecule has 0 bridgehead atoms. The third-order valence-corrected chi connectivity index (χ3v) is 8.00. The predicted octanol–water partition coefficient (Wildman–Crippen LogP) is 11.1. The molecule has 47 heavy (non-hydrogen) atoms. The van der Waals surface area contributed by atoms with E-state index in [9.17, 15) is 0 Å². The molecule has 3 aromatic heterocycles. The molecular formula is C43H40IrN2O-2. The second kappa shape index (κ2) is 14.6. The molecule has 0 spiro atoms. The zero-order valence-electron chi connectivity index (χ0n) is 34.7. The summed E-state index contributed by atoms with van der Waals surface area (Å²) in [5.74, 6) is -0.444. The van der Waals surface area contributed by atoms with Crippen molar-refractivity contribution in [1.82, 2.24) is 9.97 Å². The number of nitrogens with zero attached hydrogens (tertiary/aromatic N) is 2. The molecule has 3 nitrogen and oxygen atoms in total. The van der Waals surface area contributed by atoms with Gasteiger partial charge >= 0.3 is 0 Å². The van der Waals surface area contributed by atoms with Crippen molar-refractivity contribution in [1.29, 1.82) is 0 Å². The van der Waals surface area contributed by atoms with Gasteiger partial charge in [0.15, 0.2) is 0 Å². The van der Waals surface area contributed by atoms with Crippen LogP contribution in [0.3, 0.4) is 0 Å². The Morgan fingerprint density at radius 2 is 1.53 bits per heavy atom. The Balaban J connectivity index is 0.000000208. The van der Waals surface area contributed by atoms with E-state index in [2.05, 4.69) is 90.5 Å². The van der Waals surface area contributed by atoms with Crippen LogP contribution < -0.4 is 0 Å². The molecule has 4 heteroatoms. The quantitative estimate of drug-likeness (QED) is 0.157. The molecule has 3 heterocycles. The predicted molar refractivity (Wildman–Crippen MR) is 191 cm³/mol. The Morgan fingerprint density at radius 3 is 2.28 bits per heavy atom. The molecular weight excluding hydrogens is 753 g/mol. The third-order valence-electron chi connectivity index (χ3n) is 8.00. The van der Waals surface area contributed by atoms with Crippen LogP contribution in [0.25, 0.3) is 44.5 Å². The van der Waals surface area contributed by atoms with Crippen LogP contribution >= 0.6 is 0 Å². The summed E-state index contributed by atoms with van der Waals surface area (Å²) in [4.78, 5) is 8.77. The van der Waals surface area contributed by atoms with E-state index in [-0.39, 0.29) is 42.2 Å². The fraction of sp³-hybridized carbons (Fsp3) is 0.209. The summed E-state index contributed by atoms with van der Waals surface area (Å²) < 4.78 is 67.7. The van der Waals surface area contributed by atoms with Gasteiger partial charge in [-0.2, -0.15) is 0 Å². The van der Waals surface area contributed by atoms with E-state index in [1.54, 1.807) is 13.8 Å². The monoisotopic (exact) mass is 801 g/mol. The van der Waals surface area contributed by atoms with Crippen molar-refractivity contribution in [3.8, 4) is 22.5 Å². The average molecular weight is 801 g/mol. The first kappa shape index (κ1) is 24.8. The maximum atomic E-state index is 8.32. The topological polar surface area (TPSA) is 38.9 Å². The van der Waals surface area contributed by atoms with Crippen LogP contribution in [0.1, 0.15) is 66.5 Å². The molecule has 0 fully saturated rings. The Hall–Kier alpha value is -4.37. The Kier molecular flexibility index (Phi) is 7.68. The second-order valence-electron chi connectivity index (χ2n) is 12.0. The van der Waals surface area contributed by atoms with Gasteiger partial charge in [0.05, 0.1) is 5.58 Å².